The summed E-state index contributed by atoms with van der Waals surface area (Å²) in [6.07, 6.45) is 0. The van der Waals surface area contributed by atoms with Crippen LogP contribution in [-0.4, -0.2) is 13.1 Å². The molecule has 1 unspecified atom stereocenters. The standard InChI is InChI=1S/C19H24N2OP/c1-13-11-16(4)19(17(5)12-13)21-10-9-20(23(21)22)18-14(2)7-6-8-15(18)3/h6-8,11-12H,9-10H2,1-5H3/q+1. The van der Waals surface area contributed by atoms with Crippen LogP contribution in [0.3, 0.4) is 0 Å². The van der Waals surface area contributed by atoms with Gasteiger partial charge in [0.25, 0.3) is 0 Å². The van der Waals surface area contributed by atoms with Gasteiger partial charge in [-0.05, 0) is 61.4 Å². The fraction of sp³-hybridized carbons (Fsp3) is 0.368. The minimum Gasteiger partial charge on any atom is -0.142 e. The first-order chi connectivity index (χ1) is 10.9. The van der Waals surface area contributed by atoms with E-state index in [1.54, 1.807) is 0 Å². The molecule has 3 rings (SSSR count). The minimum atomic E-state index is -1.60. The lowest BCUT2D eigenvalue weighted by Gasteiger charge is -2.15. The molecule has 1 aliphatic rings. The maximum atomic E-state index is 13.2. The molecule has 3 nitrogen and oxygen atoms in total. The molecule has 0 bridgehead atoms. The topological polar surface area (TPSA) is 23.6 Å². The van der Waals surface area contributed by atoms with Crippen molar-refractivity contribution in [3.63, 3.8) is 0 Å². The molecule has 0 radical (unpaired) electrons. The van der Waals surface area contributed by atoms with E-state index in [9.17, 15) is 4.57 Å². The highest BCUT2D eigenvalue weighted by atomic mass is 31.1. The van der Waals surface area contributed by atoms with Crippen LogP contribution in [0.2, 0.25) is 0 Å². The number of benzene rings is 2. The van der Waals surface area contributed by atoms with E-state index in [4.69, 9.17) is 0 Å². The lowest BCUT2D eigenvalue weighted by Crippen LogP contribution is -2.13. The largest absolute Gasteiger partial charge is 0.595 e. The molecule has 120 valence electrons. The van der Waals surface area contributed by atoms with Crippen molar-refractivity contribution in [2.75, 3.05) is 22.4 Å². The van der Waals surface area contributed by atoms with Crippen molar-refractivity contribution < 1.29 is 4.57 Å². The monoisotopic (exact) mass is 327 g/mol. The van der Waals surface area contributed by atoms with E-state index in [0.717, 1.165) is 24.5 Å². The normalized spacial score (nSPS) is 16.3. The molecule has 1 atom stereocenters. The second-order valence-electron chi connectivity index (χ2n) is 6.49. The zero-order valence-electron chi connectivity index (χ0n) is 14.6. The number of para-hydroxylation sites is 1. The van der Waals surface area contributed by atoms with Gasteiger partial charge >= 0.3 is 8.10 Å². The Labute approximate surface area is 139 Å². The fourth-order valence-corrected chi connectivity index (χ4v) is 5.43. The van der Waals surface area contributed by atoms with Crippen molar-refractivity contribution >= 4 is 19.5 Å². The molecule has 0 aliphatic carbocycles. The molecule has 1 aliphatic heterocycles. The summed E-state index contributed by atoms with van der Waals surface area (Å²) in [5.74, 6) is 0. The van der Waals surface area contributed by atoms with Crippen molar-refractivity contribution in [2.45, 2.75) is 34.6 Å². The molecule has 1 heterocycles. The van der Waals surface area contributed by atoms with E-state index in [-0.39, 0.29) is 0 Å². The van der Waals surface area contributed by atoms with Crippen LogP contribution >= 0.6 is 8.10 Å². The Kier molecular flexibility index (Phi) is 4.16. The van der Waals surface area contributed by atoms with Crippen LogP contribution in [0.1, 0.15) is 27.8 Å². The summed E-state index contributed by atoms with van der Waals surface area (Å²) in [7, 11) is -1.60. The quantitative estimate of drug-likeness (QED) is 0.707. The smallest absolute Gasteiger partial charge is 0.142 e. The van der Waals surface area contributed by atoms with Gasteiger partial charge in [0.1, 0.15) is 0 Å². The van der Waals surface area contributed by atoms with E-state index >= 15 is 0 Å². The van der Waals surface area contributed by atoms with Crippen molar-refractivity contribution in [3.05, 3.63) is 58.1 Å². The van der Waals surface area contributed by atoms with Gasteiger partial charge in [0, 0.05) is 0 Å². The first-order valence-corrected chi connectivity index (χ1v) is 9.23. The summed E-state index contributed by atoms with van der Waals surface area (Å²) in [6.45, 7) is 12.1. The third-order valence-electron chi connectivity index (χ3n) is 4.53. The highest BCUT2D eigenvalue weighted by Gasteiger charge is 2.45. The van der Waals surface area contributed by atoms with Gasteiger partial charge < -0.3 is 0 Å². The molecule has 4 heteroatoms. The van der Waals surface area contributed by atoms with Crippen LogP contribution in [-0.2, 0) is 4.57 Å². The van der Waals surface area contributed by atoms with Gasteiger partial charge in [-0.3, -0.25) is 0 Å². The van der Waals surface area contributed by atoms with E-state index in [1.807, 2.05) is 0 Å². The molecular formula is C19H24N2OP+. The van der Waals surface area contributed by atoms with Crippen LogP contribution in [0.25, 0.3) is 0 Å². The molecule has 23 heavy (non-hydrogen) atoms. The minimum absolute atomic E-state index is 0.799. The fourth-order valence-electron chi connectivity index (χ4n) is 3.68. The first kappa shape index (κ1) is 16.0. The second-order valence-corrected chi connectivity index (χ2v) is 7.96. The van der Waals surface area contributed by atoms with Gasteiger partial charge in [-0.1, -0.05) is 35.9 Å². The van der Waals surface area contributed by atoms with Crippen LogP contribution in [0, 0.1) is 34.6 Å². The zero-order valence-corrected chi connectivity index (χ0v) is 15.4. The first-order valence-electron chi connectivity index (χ1n) is 8.06. The molecule has 2 aromatic carbocycles. The van der Waals surface area contributed by atoms with Crippen LogP contribution in [0.15, 0.2) is 30.3 Å². The third-order valence-corrected chi connectivity index (χ3v) is 6.15. The van der Waals surface area contributed by atoms with Gasteiger partial charge in [0.05, 0.1) is 24.5 Å². The van der Waals surface area contributed by atoms with Gasteiger partial charge in [0.15, 0.2) is 0 Å². The van der Waals surface area contributed by atoms with Gasteiger partial charge in [-0.2, -0.15) is 0 Å². The second kappa shape index (κ2) is 5.98. The molecule has 0 saturated carbocycles. The summed E-state index contributed by atoms with van der Waals surface area (Å²) in [5.41, 5.74) is 8.29. The number of aryl methyl sites for hydroxylation is 5. The van der Waals surface area contributed by atoms with Gasteiger partial charge in [0.2, 0.25) is 0 Å². The van der Waals surface area contributed by atoms with E-state index in [1.165, 1.54) is 27.8 Å². The third kappa shape index (κ3) is 2.74. The summed E-state index contributed by atoms with van der Waals surface area (Å²) in [4.78, 5) is 0. The predicted octanol–water partition coefficient (Wildman–Crippen LogP) is 5.21. The summed E-state index contributed by atoms with van der Waals surface area (Å²) in [5, 5.41) is 0. The molecule has 2 aromatic rings. The van der Waals surface area contributed by atoms with Crippen LogP contribution in [0.4, 0.5) is 11.4 Å². The molecule has 0 aromatic heterocycles. The average Bonchev–Trinajstić information content (AvgIpc) is 2.80. The van der Waals surface area contributed by atoms with Crippen molar-refractivity contribution in [1.82, 2.24) is 0 Å². The Hall–Kier alpha value is -1.86. The summed E-state index contributed by atoms with van der Waals surface area (Å²) >= 11 is 0. The van der Waals surface area contributed by atoms with E-state index in [0.29, 0.717) is 0 Å². The number of nitrogens with zero attached hydrogens (tertiary/aromatic N) is 2. The maximum Gasteiger partial charge on any atom is 0.595 e. The molecule has 1 fully saturated rings. The molecular weight excluding hydrogens is 303 g/mol. The lowest BCUT2D eigenvalue weighted by atomic mass is 10.1. The SMILES string of the molecule is Cc1cc(C)c(N2CCN(c3c(C)cccc3C)[P+]2=O)c(C)c1. The highest BCUT2D eigenvalue weighted by molar-refractivity contribution is 7.49. The molecule has 1 saturated heterocycles. The Balaban J connectivity index is 2.00. The molecule has 0 N–H and O–H groups in total. The van der Waals surface area contributed by atoms with Gasteiger partial charge in [-0.15, -0.1) is 9.34 Å². The summed E-state index contributed by atoms with van der Waals surface area (Å²) in [6, 6.07) is 10.6. The Morgan fingerprint density at radius 1 is 0.783 bits per heavy atom. The Morgan fingerprint density at radius 2 is 1.22 bits per heavy atom. The predicted molar refractivity (Wildman–Crippen MR) is 98.9 cm³/mol. The number of rotatable bonds is 2. The summed E-state index contributed by atoms with van der Waals surface area (Å²) < 4.78 is 17.3. The van der Waals surface area contributed by atoms with Crippen molar-refractivity contribution in [1.29, 1.82) is 0 Å². The van der Waals surface area contributed by atoms with E-state index < -0.39 is 8.10 Å². The number of hydrogen-bond donors (Lipinski definition) is 0. The number of anilines is 2. The van der Waals surface area contributed by atoms with Crippen molar-refractivity contribution in [2.24, 2.45) is 0 Å². The number of hydrogen-bond acceptors (Lipinski definition) is 1. The van der Waals surface area contributed by atoms with Crippen LogP contribution < -0.4 is 9.34 Å². The van der Waals surface area contributed by atoms with E-state index in [2.05, 4.69) is 74.3 Å². The Bertz CT molecular complexity index is 742. The lowest BCUT2D eigenvalue weighted by molar-refractivity contribution is 0.588. The highest BCUT2D eigenvalue weighted by Crippen LogP contribution is 2.48. The zero-order chi connectivity index (χ0) is 16.7. The molecule has 0 amide bonds. The molecule has 0 spiro atoms. The average molecular weight is 327 g/mol. The Morgan fingerprint density at radius 3 is 1.70 bits per heavy atom. The van der Waals surface area contributed by atoms with Crippen LogP contribution in [0.5, 0.6) is 0 Å². The maximum absolute atomic E-state index is 13.2. The van der Waals surface area contributed by atoms with Crippen molar-refractivity contribution in [3.8, 4) is 0 Å². The van der Waals surface area contributed by atoms with Gasteiger partial charge in [-0.25, -0.2) is 0 Å².